The first-order chi connectivity index (χ1) is 14.0. The topological polar surface area (TPSA) is 42.7 Å². The molecule has 4 aromatic rings. The van der Waals surface area contributed by atoms with E-state index in [9.17, 15) is 0 Å². The van der Waals surface area contributed by atoms with Gasteiger partial charge in [0.1, 0.15) is 18.2 Å². The van der Waals surface area contributed by atoms with Crippen LogP contribution in [0.4, 0.5) is 5.69 Å². The Morgan fingerprint density at radius 1 is 0.724 bits per heavy atom. The number of hydrogen-bond donors (Lipinski definition) is 1. The molecule has 146 valence electrons. The summed E-state index contributed by atoms with van der Waals surface area (Å²) in [4.78, 5) is 4.10. The molecule has 0 aliphatic heterocycles. The highest BCUT2D eigenvalue weighted by molar-refractivity contribution is 6.31. The zero-order chi connectivity index (χ0) is 20.3. The van der Waals surface area contributed by atoms with E-state index in [2.05, 4.69) is 15.4 Å². The van der Waals surface area contributed by atoms with E-state index in [0.717, 1.165) is 16.8 Å². The van der Waals surface area contributed by atoms with Gasteiger partial charge in [-0.2, -0.15) is 5.10 Å². The van der Waals surface area contributed by atoms with Gasteiger partial charge >= 0.3 is 0 Å². The van der Waals surface area contributed by atoms with Crippen LogP contribution in [-0.2, 0) is 12.1 Å². The maximum Gasteiger partial charge on any atom is 0.137 e. The minimum absolute atomic E-state index is 0.499. The van der Waals surface area contributed by atoms with Crippen molar-refractivity contribution in [2.75, 3.05) is 5.32 Å². The molecule has 29 heavy (non-hydrogen) atoms. The van der Waals surface area contributed by atoms with E-state index in [-0.39, 0.29) is 0 Å². The highest BCUT2D eigenvalue weighted by atomic mass is 35.5. The molecule has 0 radical (unpaired) electrons. The number of aromatic nitrogens is 3. The van der Waals surface area contributed by atoms with E-state index in [1.807, 2.05) is 72.8 Å². The molecule has 0 aliphatic carbocycles. The Hall–Kier alpha value is -2.53. The van der Waals surface area contributed by atoms with Gasteiger partial charge in [0, 0.05) is 20.8 Å². The zero-order valence-corrected chi connectivity index (χ0v) is 17.5. The molecule has 0 spiro atoms. The summed E-state index contributed by atoms with van der Waals surface area (Å²) in [5.41, 5.74) is 2.31. The van der Waals surface area contributed by atoms with Gasteiger partial charge in [-0.3, -0.25) is 0 Å². The number of benzene rings is 3. The quantitative estimate of drug-likeness (QED) is 0.380. The lowest BCUT2D eigenvalue weighted by atomic mass is 9.82. The molecule has 0 fully saturated rings. The second kappa shape index (κ2) is 8.46. The summed E-state index contributed by atoms with van der Waals surface area (Å²) >= 11 is 18.4. The Morgan fingerprint density at radius 2 is 1.21 bits per heavy atom. The number of halogens is 3. The summed E-state index contributed by atoms with van der Waals surface area (Å²) in [7, 11) is 0. The molecule has 1 heterocycles. The first-order valence-electron chi connectivity index (χ1n) is 8.93. The Morgan fingerprint density at radius 3 is 1.66 bits per heavy atom. The van der Waals surface area contributed by atoms with Gasteiger partial charge in [-0.25, -0.2) is 9.67 Å². The molecule has 7 heteroatoms. The van der Waals surface area contributed by atoms with Crippen LogP contribution in [0.15, 0.2) is 85.5 Å². The van der Waals surface area contributed by atoms with Crippen LogP contribution in [0.1, 0.15) is 11.1 Å². The second-order valence-corrected chi connectivity index (χ2v) is 7.95. The number of nitrogens with one attached hydrogen (secondary N) is 1. The molecular formula is C22H17Cl3N4. The van der Waals surface area contributed by atoms with Crippen molar-refractivity contribution >= 4 is 40.5 Å². The number of nitrogens with zero attached hydrogens (tertiary/aromatic N) is 3. The summed E-state index contributed by atoms with van der Waals surface area (Å²) in [6, 6.07) is 23.2. The van der Waals surface area contributed by atoms with Crippen molar-refractivity contribution in [3.05, 3.63) is 112 Å². The number of hydrogen-bond acceptors (Lipinski definition) is 3. The van der Waals surface area contributed by atoms with Gasteiger partial charge in [-0.15, -0.1) is 0 Å². The first kappa shape index (κ1) is 19.8. The van der Waals surface area contributed by atoms with Crippen LogP contribution in [0, 0.1) is 0 Å². The van der Waals surface area contributed by atoms with Crippen LogP contribution in [0.5, 0.6) is 0 Å². The molecule has 3 aromatic carbocycles. The highest BCUT2D eigenvalue weighted by Crippen LogP contribution is 2.36. The Balaban J connectivity index is 1.90. The maximum atomic E-state index is 6.17. The fourth-order valence-corrected chi connectivity index (χ4v) is 3.72. The van der Waals surface area contributed by atoms with Gasteiger partial charge in [0.2, 0.25) is 0 Å². The third kappa shape index (κ3) is 4.40. The minimum atomic E-state index is -0.656. The molecule has 0 amide bonds. The lowest BCUT2D eigenvalue weighted by Crippen LogP contribution is -2.41. The smallest absolute Gasteiger partial charge is 0.137 e. The molecule has 1 aromatic heterocycles. The standard InChI is InChI=1S/C22H17Cl3N4/c23-18-5-1-16(2-6-18)22(13-29-15-26-14-27-29,17-3-7-19(24)8-4-17)28-21-11-9-20(25)10-12-21/h1-12,14-15,28H,13H2. The van der Waals surface area contributed by atoms with Gasteiger partial charge in [-0.05, 0) is 59.7 Å². The zero-order valence-electron chi connectivity index (χ0n) is 15.3. The molecular weight excluding hydrogens is 427 g/mol. The monoisotopic (exact) mass is 442 g/mol. The molecule has 0 bridgehead atoms. The predicted molar refractivity (Wildman–Crippen MR) is 119 cm³/mol. The van der Waals surface area contributed by atoms with Crippen LogP contribution in [-0.4, -0.2) is 14.8 Å². The van der Waals surface area contributed by atoms with E-state index in [1.165, 1.54) is 6.33 Å². The molecule has 0 saturated carbocycles. The molecule has 0 saturated heterocycles. The first-order valence-corrected chi connectivity index (χ1v) is 10.1. The van der Waals surface area contributed by atoms with Crippen molar-refractivity contribution in [1.82, 2.24) is 14.8 Å². The second-order valence-electron chi connectivity index (χ2n) is 6.64. The summed E-state index contributed by atoms with van der Waals surface area (Å²) in [5, 5.41) is 10.1. The summed E-state index contributed by atoms with van der Waals surface area (Å²) in [6.07, 6.45) is 3.22. The van der Waals surface area contributed by atoms with Crippen molar-refractivity contribution < 1.29 is 0 Å². The van der Waals surface area contributed by atoms with Crippen LogP contribution in [0.2, 0.25) is 15.1 Å². The van der Waals surface area contributed by atoms with Gasteiger partial charge in [0.05, 0.1) is 6.54 Å². The van der Waals surface area contributed by atoms with Gasteiger partial charge in [0.15, 0.2) is 0 Å². The predicted octanol–water partition coefficient (Wildman–Crippen LogP) is 6.29. The minimum Gasteiger partial charge on any atom is -0.370 e. The van der Waals surface area contributed by atoms with Crippen LogP contribution in [0.25, 0.3) is 0 Å². The summed E-state index contributed by atoms with van der Waals surface area (Å²) in [6.45, 7) is 0.499. The molecule has 0 unspecified atom stereocenters. The third-order valence-electron chi connectivity index (χ3n) is 4.74. The highest BCUT2D eigenvalue weighted by Gasteiger charge is 2.35. The van der Waals surface area contributed by atoms with Crippen molar-refractivity contribution in [2.45, 2.75) is 12.1 Å². The molecule has 4 rings (SSSR count). The van der Waals surface area contributed by atoms with E-state index in [0.29, 0.717) is 21.6 Å². The lowest BCUT2D eigenvalue weighted by molar-refractivity contribution is 0.449. The van der Waals surface area contributed by atoms with Crippen molar-refractivity contribution in [3.63, 3.8) is 0 Å². The van der Waals surface area contributed by atoms with E-state index < -0.39 is 5.54 Å². The van der Waals surface area contributed by atoms with E-state index >= 15 is 0 Å². The summed E-state index contributed by atoms with van der Waals surface area (Å²) < 4.78 is 1.80. The fourth-order valence-electron chi connectivity index (χ4n) is 3.34. The van der Waals surface area contributed by atoms with Crippen molar-refractivity contribution in [1.29, 1.82) is 0 Å². The summed E-state index contributed by atoms with van der Waals surface area (Å²) in [5.74, 6) is 0. The third-order valence-corrected chi connectivity index (χ3v) is 5.50. The average molecular weight is 444 g/mol. The largest absolute Gasteiger partial charge is 0.370 e. The van der Waals surface area contributed by atoms with Crippen LogP contribution in [0.3, 0.4) is 0 Å². The fraction of sp³-hybridized carbons (Fsp3) is 0.0909. The lowest BCUT2D eigenvalue weighted by Gasteiger charge is -2.37. The average Bonchev–Trinajstić information content (AvgIpc) is 3.23. The van der Waals surface area contributed by atoms with Crippen molar-refractivity contribution in [2.24, 2.45) is 0 Å². The SMILES string of the molecule is Clc1ccc(NC(Cn2cncn2)(c2ccc(Cl)cc2)c2ccc(Cl)cc2)cc1. The number of anilines is 1. The molecule has 1 N–H and O–H groups in total. The Labute approximate surface area is 184 Å². The van der Waals surface area contributed by atoms with Crippen LogP contribution >= 0.6 is 34.8 Å². The molecule has 0 atom stereocenters. The van der Waals surface area contributed by atoms with E-state index in [4.69, 9.17) is 34.8 Å². The van der Waals surface area contributed by atoms with Gasteiger partial charge in [0.25, 0.3) is 0 Å². The Kier molecular flexibility index (Phi) is 5.76. The normalized spacial score (nSPS) is 11.4. The molecule has 0 aliphatic rings. The van der Waals surface area contributed by atoms with Crippen LogP contribution < -0.4 is 5.32 Å². The Bertz CT molecular complexity index is 1020. The number of rotatable bonds is 6. The molecule has 4 nitrogen and oxygen atoms in total. The van der Waals surface area contributed by atoms with Crippen molar-refractivity contribution in [3.8, 4) is 0 Å². The maximum absolute atomic E-state index is 6.17. The van der Waals surface area contributed by atoms with Gasteiger partial charge in [-0.1, -0.05) is 59.1 Å². The van der Waals surface area contributed by atoms with Gasteiger partial charge < -0.3 is 5.32 Å². The van der Waals surface area contributed by atoms with E-state index in [1.54, 1.807) is 11.0 Å².